The molecule has 1 fully saturated rings. The van der Waals surface area contributed by atoms with Crippen LogP contribution in [-0.4, -0.2) is 35.6 Å². The van der Waals surface area contributed by atoms with Gasteiger partial charge in [0.2, 0.25) is 0 Å². The maximum atomic E-state index is 10.0. The van der Waals surface area contributed by atoms with E-state index in [0.717, 1.165) is 17.9 Å². The molecule has 1 aromatic rings. The zero-order chi connectivity index (χ0) is 15.0. The van der Waals surface area contributed by atoms with Gasteiger partial charge in [0, 0.05) is 6.42 Å². The highest BCUT2D eigenvalue weighted by Gasteiger charge is 2.57. The van der Waals surface area contributed by atoms with Crippen LogP contribution in [0, 0.1) is 0 Å². The third-order valence-corrected chi connectivity index (χ3v) is 4.16. The average Bonchev–Trinajstić information content (AvgIpc) is 2.55. The largest absolute Gasteiger partial charge is 0.495 e. The van der Waals surface area contributed by atoms with Crippen LogP contribution in [0.5, 0.6) is 5.75 Å². The minimum absolute atomic E-state index is 0.00147. The number of methoxy groups -OCH3 is 1. The molecule has 2 N–H and O–H groups in total. The second-order valence-corrected chi connectivity index (χ2v) is 6.61. The second-order valence-electron chi connectivity index (χ2n) is 6.61. The van der Waals surface area contributed by atoms with Gasteiger partial charge in [-0.15, -0.1) is 0 Å². The van der Waals surface area contributed by atoms with Gasteiger partial charge >= 0.3 is 0 Å². The van der Waals surface area contributed by atoms with Crippen molar-refractivity contribution in [3.05, 3.63) is 24.3 Å². The molecule has 20 heavy (non-hydrogen) atoms. The molecule has 0 bridgehead atoms. The fourth-order valence-electron chi connectivity index (χ4n) is 3.25. The average molecular weight is 279 g/mol. The third kappa shape index (κ3) is 2.50. The molecule has 0 aromatic heterocycles. The number of ether oxygens (including phenoxy) is 2. The summed E-state index contributed by atoms with van der Waals surface area (Å²) < 4.78 is 11.5. The fraction of sp³-hybridized carbons (Fsp3) is 0.625. The van der Waals surface area contributed by atoms with Crippen LogP contribution in [0.25, 0.3) is 0 Å². The van der Waals surface area contributed by atoms with Crippen molar-refractivity contribution in [1.82, 2.24) is 0 Å². The standard InChI is InChI=1S/C16H25NO3/c1-14(2)10-16(11-18,15(3,4)20-14)17-12-8-6-7-9-13(12)19-5/h6-9,17-18H,10-11H2,1-5H3. The number of nitrogens with one attached hydrogen (secondary N) is 1. The molecule has 4 heteroatoms. The number of hydrogen-bond donors (Lipinski definition) is 2. The summed E-state index contributed by atoms with van der Waals surface area (Å²) in [5, 5.41) is 13.5. The van der Waals surface area contributed by atoms with E-state index in [2.05, 4.69) is 19.2 Å². The predicted molar refractivity (Wildman–Crippen MR) is 80.3 cm³/mol. The lowest BCUT2D eigenvalue weighted by Crippen LogP contribution is -2.55. The van der Waals surface area contributed by atoms with Crippen LogP contribution in [-0.2, 0) is 4.74 Å². The lowest BCUT2D eigenvalue weighted by atomic mass is 9.79. The predicted octanol–water partition coefficient (Wildman–Crippen LogP) is 2.82. The molecule has 1 aliphatic heterocycles. The molecule has 1 saturated heterocycles. The van der Waals surface area contributed by atoms with E-state index in [1.54, 1.807) is 7.11 Å². The van der Waals surface area contributed by atoms with Crippen molar-refractivity contribution in [2.75, 3.05) is 19.0 Å². The Hall–Kier alpha value is -1.26. The van der Waals surface area contributed by atoms with Crippen molar-refractivity contribution >= 4 is 5.69 Å². The third-order valence-electron chi connectivity index (χ3n) is 4.16. The molecule has 1 heterocycles. The molecular formula is C16H25NO3. The first kappa shape index (κ1) is 15.1. The summed E-state index contributed by atoms with van der Waals surface area (Å²) in [6.45, 7) is 8.13. The van der Waals surface area contributed by atoms with Crippen molar-refractivity contribution in [3.63, 3.8) is 0 Å². The molecule has 1 aliphatic rings. The minimum atomic E-state index is -0.537. The van der Waals surface area contributed by atoms with Gasteiger partial charge in [-0.1, -0.05) is 12.1 Å². The van der Waals surface area contributed by atoms with Crippen molar-refractivity contribution in [2.45, 2.75) is 50.9 Å². The van der Waals surface area contributed by atoms with Crippen LogP contribution < -0.4 is 10.1 Å². The van der Waals surface area contributed by atoms with Crippen LogP contribution in [0.1, 0.15) is 34.1 Å². The maximum absolute atomic E-state index is 10.0. The zero-order valence-corrected chi connectivity index (χ0v) is 13.0. The summed E-state index contributed by atoms with van der Waals surface area (Å²) in [6.07, 6.45) is 0.724. The Labute approximate surface area is 121 Å². The number of aliphatic hydroxyl groups excluding tert-OH is 1. The van der Waals surface area contributed by atoms with E-state index in [9.17, 15) is 5.11 Å². The Morgan fingerprint density at radius 1 is 1.25 bits per heavy atom. The molecule has 1 aromatic carbocycles. The topological polar surface area (TPSA) is 50.7 Å². The van der Waals surface area contributed by atoms with Gasteiger partial charge in [0.15, 0.2) is 0 Å². The molecule has 0 aliphatic carbocycles. The summed E-state index contributed by atoms with van der Waals surface area (Å²) >= 11 is 0. The minimum Gasteiger partial charge on any atom is -0.495 e. The monoisotopic (exact) mass is 279 g/mol. The summed E-state index contributed by atoms with van der Waals surface area (Å²) in [4.78, 5) is 0. The number of para-hydroxylation sites is 2. The SMILES string of the molecule is COc1ccccc1NC1(CO)CC(C)(C)OC1(C)C. The van der Waals surface area contributed by atoms with Crippen LogP contribution in [0.3, 0.4) is 0 Å². The highest BCUT2D eigenvalue weighted by molar-refractivity contribution is 5.58. The van der Waals surface area contributed by atoms with Crippen LogP contribution >= 0.6 is 0 Å². The molecular weight excluding hydrogens is 254 g/mol. The smallest absolute Gasteiger partial charge is 0.141 e. The first-order valence-electron chi connectivity index (χ1n) is 6.97. The van der Waals surface area contributed by atoms with Gasteiger partial charge in [0.05, 0.1) is 36.1 Å². The van der Waals surface area contributed by atoms with Gasteiger partial charge < -0.3 is 19.9 Å². The second kappa shape index (κ2) is 4.93. The van der Waals surface area contributed by atoms with Crippen LogP contribution in [0.2, 0.25) is 0 Å². The van der Waals surface area contributed by atoms with Gasteiger partial charge in [0.25, 0.3) is 0 Å². The Morgan fingerprint density at radius 2 is 1.90 bits per heavy atom. The van der Waals surface area contributed by atoms with Crippen molar-refractivity contribution in [3.8, 4) is 5.75 Å². The normalized spacial score (nSPS) is 27.3. The highest BCUT2D eigenvalue weighted by Crippen LogP contribution is 2.47. The summed E-state index contributed by atoms with van der Waals surface area (Å²) in [6, 6.07) is 7.73. The molecule has 0 amide bonds. The molecule has 2 rings (SSSR count). The summed E-state index contributed by atoms with van der Waals surface area (Å²) in [5.41, 5.74) is -0.420. The lowest BCUT2D eigenvalue weighted by molar-refractivity contribution is -0.0808. The molecule has 0 saturated carbocycles. The number of rotatable bonds is 4. The number of hydrogen-bond acceptors (Lipinski definition) is 4. The van der Waals surface area contributed by atoms with Gasteiger partial charge in [-0.2, -0.15) is 0 Å². The Bertz CT molecular complexity index is 484. The number of anilines is 1. The number of aliphatic hydroxyl groups is 1. The van der Waals surface area contributed by atoms with Crippen molar-refractivity contribution in [2.24, 2.45) is 0 Å². The quantitative estimate of drug-likeness (QED) is 0.890. The Balaban J connectivity index is 2.38. The van der Waals surface area contributed by atoms with E-state index in [-0.39, 0.29) is 12.2 Å². The van der Waals surface area contributed by atoms with Gasteiger partial charge in [0.1, 0.15) is 5.75 Å². The lowest BCUT2D eigenvalue weighted by Gasteiger charge is -2.40. The van der Waals surface area contributed by atoms with E-state index in [1.807, 2.05) is 38.1 Å². The number of benzene rings is 1. The van der Waals surface area contributed by atoms with Gasteiger partial charge in [-0.05, 0) is 39.8 Å². The molecule has 0 radical (unpaired) electrons. The molecule has 4 nitrogen and oxygen atoms in total. The van der Waals surface area contributed by atoms with E-state index in [4.69, 9.17) is 9.47 Å². The van der Waals surface area contributed by atoms with Crippen molar-refractivity contribution in [1.29, 1.82) is 0 Å². The first-order chi connectivity index (χ1) is 9.25. The van der Waals surface area contributed by atoms with E-state index < -0.39 is 11.1 Å². The van der Waals surface area contributed by atoms with Crippen molar-refractivity contribution < 1.29 is 14.6 Å². The highest BCUT2D eigenvalue weighted by atomic mass is 16.5. The van der Waals surface area contributed by atoms with Gasteiger partial charge in [-0.3, -0.25) is 0 Å². The molecule has 112 valence electrons. The molecule has 0 spiro atoms. The summed E-state index contributed by atoms with van der Waals surface area (Å²) in [5.74, 6) is 0.765. The maximum Gasteiger partial charge on any atom is 0.141 e. The van der Waals surface area contributed by atoms with Gasteiger partial charge in [-0.25, -0.2) is 0 Å². The zero-order valence-electron chi connectivity index (χ0n) is 13.0. The first-order valence-corrected chi connectivity index (χ1v) is 6.97. The van der Waals surface area contributed by atoms with Crippen LogP contribution in [0.4, 0.5) is 5.69 Å². The van der Waals surface area contributed by atoms with E-state index in [1.165, 1.54) is 0 Å². The molecule has 1 atom stereocenters. The summed E-state index contributed by atoms with van der Waals surface area (Å²) in [7, 11) is 1.65. The van der Waals surface area contributed by atoms with E-state index >= 15 is 0 Å². The van der Waals surface area contributed by atoms with E-state index in [0.29, 0.717) is 0 Å². The fourth-order valence-corrected chi connectivity index (χ4v) is 3.25. The Kier molecular flexibility index (Phi) is 3.73. The molecule has 1 unspecified atom stereocenters. The Morgan fingerprint density at radius 3 is 2.40 bits per heavy atom. The van der Waals surface area contributed by atoms with Crippen LogP contribution in [0.15, 0.2) is 24.3 Å².